The molecule has 0 aliphatic carbocycles. The molecule has 0 aliphatic rings. The van der Waals surface area contributed by atoms with E-state index in [4.69, 9.17) is 4.52 Å². The van der Waals surface area contributed by atoms with E-state index in [9.17, 15) is 26.7 Å². The summed E-state index contributed by atoms with van der Waals surface area (Å²) < 4.78 is 73.5. The van der Waals surface area contributed by atoms with Crippen molar-refractivity contribution in [3.05, 3.63) is 89.1 Å². The Balaban J connectivity index is 1.61. The third-order valence-corrected chi connectivity index (χ3v) is 5.49. The Bertz CT molecular complexity index is 1380. The first kappa shape index (κ1) is 24.0. The van der Waals surface area contributed by atoms with Crippen molar-refractivity contribution in [3.63, 3.8) is 0 Å². The highest BCUT2D eigenvalue weighted by atomic mass is 19.4. The molecule has 3 aromatic heterocycles. The van der Waals surface area contributed by atoms with Gasteiger partial charge < -0.3 is 9.84 Å². The van der Waals surface area contributed by atoms with E-state index in [2.05, 4.69) is 20.6 Å². The standard InChI is InChI=1S/C23H18F5N5O2/c1-22(13-10-30-33(2)11-13,19-4-3-5-20(31-19)23(26,27)28)12-29-21(34)17-9-18(35-32-17)15-7-6-14(24)8-16(15)25/h3-11H,12H2,1-2H3,(H,29,34). The Morgan fingerprint density at radius 1 is 1.11 bits per heavy atom. The van der Waals surface area contributed by atoms with Crippen molar-refractivity contribution in [1.29, 1.82) is 0 Å². The fraction of sp³-hybridized carbons (Fsp3) is 0.217. The monoisotopic (exact) mass is 491 g/mol. The largest absolute Gasteiger partial charge is 0.433 e. The van der Waals surface area contributed by atoms with E-state index >= 15 is 0 Å². The number of carbonyl (C=O) groups is 1. The molecule has 0 bridgehead atoms. The summed E-state index contributed by atoms with van der Waals surface area (Å²) in [5.41, 5.74) is -1.98. The number of pyridine rings is 1. The van der Waals surface area contributed by atoms with Crippen LogP contribution in [0.25, 0.3) is 11.3 Å². The van der Waals surface area contributed by atoms with Gasteiger partial charge in [-0.05, 0) is 31.2 Å². The molecule has 4 rings (SSSR count). The average Bonchev–Trinajstić information content (AvgIpc) is 3.46. The predicted octanol–water partition coefficient (Wildman–Crippen LogP) is 4.50. The van der Waals surface area contributed by atoms with Crippen molar-refractivity contribution in [2.24, 2.45) is 7.05 Å². The molecule has 0 saturated carbocycles. The van der Waals surface area contributed by atoms with Crippen LogP contribution in [-0.2, 0) is 18.6 Å². The number of hydrogen-bond donors (Lipinski definition) is 1. The number of carbonyl (C=O) groups excluding carboxylic acids is 1. The van der Waals surface area contributed by atoms with Gasteiger partial charge in [0.15, 0.2) is 11.5 Å². The molecule has 1 atom stereocenters. The Labute approximate surface area is 195 Å². The van der Waals surface area contributed by atoms with Crippen LogP contribution >= 0.6 is 0 Å². The van der Waals surface area contributed by atoms with Gasteiger partial charge in [0.05, 0.1) is 22.9 Å². The molecule has 1 amide bonds. The molecule has 3 heterocycles. The van der Waals surface area contributed by atoms with Gasteiger partial charge in [0.2, 0.25) is 0 Å². The molecule has 4 aromatic rings. The number of hydrogen-bond acceptors (Lipinski definition) is 5. The number of aromatic nitrogens is 4. The Morgan fingerprint density at radius 2 is 1.86 bits per heavy atom. The van der Waals surface area contributed by atoms with Crippen LogP contribution in [0.15, 0.2) is 59.4 Å². The van der Waals surface area contributed by atoms with Crippen molar-refractivity contribution < 1.29 is 31.3 Å². The maximum atomic E-state index is 14.0. The highest BCUT2D eigenvalue weighted by molar-refractivity contribution is 5.93. The van der Waals surface area contributed by atoms with Crippen molar-refractivity contribution in [3.8, 4) is 11.3 Å². The van der Waals surface area contributed by atoms with E-state index in [0.29, 0.717) is 11.6 Å². The second-order valence-corrected chi connectivity index (χ2v) is 8.02. The number of alkyl halides is 3. The van der Waals surface area contributed by atoms with Gasteiger partial charge in [-0.25, -0.2) is 13.8 Å². The third-order valence-electron chi connectivity index (χ3n) is 5.49. The molecule has 0 aliphatic heterocycles. The maximum Gasteiger partial charge on any atom is 0.433 e. The van der Waals surface area contributed by atoms with Crippen LogP contribution in [0.5, 0.6) is 0 Å². The van der Waals surface area contributed by atoms with Gasteiger partial charge in [-0.1, -0.05) is 11.2 Å². The number of halogens is 5. The maximum absolute atomic E-state index is 14.0. The first-order valence-corrected chi connectivity index (χ1v) is 10.2. The Kier molecular flexibility index (Phi) is 6.14. The summed E-state index contributed by atoms with van der Waals surface area (Å²) in [6, 6.07) is 7.54. The minimum absolute atomic E-state index is 0.0647. The van der Waals surface area contributed by atoms with Gasteiger partial charge in [0.25, 0.3) is 5.91 Å². The number of benzene rings is 1. The van der Waals surface area contributed by atoms with E-state index in [1.807, 2.05) is 0 Å². The molecular weight excluding hydrogens is 473 g/mol. The van der Waals surface area contributed by atoms with Crippen LogP contribution in [0.3, 0.4) is 0 Å². The summed E-state index contributed by atoms with van der Waals surface area (Å²) in [6.07, 6.45) is -1.57. The van der Waals surface area contributed by atoms with Crippen LogP contribution in [0.1, 0.15) is 34.4 Å². The van der Waals surface area contributed by atoms with Gasteiger partial charge in [-0.3, -0.25) is 9.48 Å². The molecule has 0 saturated heterocycles. The quantitative estimate of drug-likeness (QED) is 0.402. The number of nitrogens with one attached hydrogen (secondary N) is 1. The van der Waals surface area contributed by atoms with Gasteiger partial charge in [0.1, 0.15) is 17.3 Å². The Hall–Kier alpha value is -4.09. The average molecular weight is 491 g/mol. The molecule has 7 nitrogen and oxygen atoms in total. The second kappa shape index (κ2) is 8.93. The Morgan fingerprint density at radius 3 is 2.51 bits per heavy atom. The smallest absolute Gasteiger partial charge is 0.355 e. The van der Waals surface area contributed by atoms with Crippen LogP contribution in [0.2, 0.25) is 0 Å². The van der Waals surface area contributed by atoms with Gasteiger partial charge >= 0.3 is 6.18 Å². The van der Waals surface area contributed by atoms with Gasteiger partial charge in [-0.2, -0.15) is 18.3 Å². The molecule has 1 unspecified atom stereocenters. The van der Waals surface area contributed by atoms with E-state index in [-0.39, 0.29) is 29.3 Å². The van der Waals surface area contributed by atoms with E-state index in [0.717, 1.165) is 18.2 Å². The third kappa shape index (κ3) is 4.91. The number of nitrogens with zero attached hydrogens (tertiary/aromatic N) is 4. The SMILES string of the molecule is Cn1cc(C(C)(CNC(=O)c2cc(-c3ccc(F)cc3F)on2)c2cccc(C(F)(F)F)n2)cn1. The fourth-order valence-corrected chi connectivity index (χ4v) is 3.49. The van der Waals surface area contributed by atoms with Crippen molar-refractivity contribution in [1.82, 2.24) is 25.2 Å². The number of aryl methyl sites for hydroxylation is 1. The van der Waals surface area contributed by atoms with E-state index < -0.39 is 34.8 Å². The minimum Gasteiger partial charge on any atom is -0.355 e. The van der Waals surface area contributed by atoms with Gasteiger partial charge in [-0.15, -0.1) is 0 Å². The lowest BCUT2D eigenvalue weighted by molar-refractivity contribution is -0.141. The first-order chi connectivity index (χ1) is 16.5. The summed E-state index contributed by atoms with van der Waals surface area (Å²) in [4.78, 5) is 16.6. The van der Waals surface area contributed by atoms with E-state index in [1.54, 1.807) is 20.2 Å². The zero-order valence-corrected chi connectivity index (χ0v) is 18.4. The molecule has 1 aromatic carbocycles. The second-order valence-electron chi connectivity index (χ2n) is 8.02. The topological polar surface area (TPSA) is 85.8 Å². The molecule has 0 fully saturated rings. The van der Waals surface area contributed by atoms with E-state index in [1.165, 1.54) is 29.1 Å². The first-order valence-electron chi connectivity index (χ1n) is 10.2. The predicted molar refractivity (Wildman–Crippen MR) is 113 cm³/mol. The highest BCUT2D eigenvalue weighted by Crippen LogP contribution is 2.34. The summed E-state index contributed by atoms with van der Waals surface area (Å²) in [6.45, 7) is 1.45. The molecule has 35 heavy (non-hydrogen) atoms. The highest BCUT2D eigenvalue weighted by Gasteiger charge is 2.37. The molecule has 12 heteroatoms. The van der Waals surface area contributed by atoms with Crippen LogP contribution in [0, 0.1) is 11.6 Å². The zero-order valence-electron chi connectivity index (χ0n) is 18.4. The fourth-order valence-electron chi connectivity index (χ4n) is 3.49. The van der Waals surface area contributed by atoms with Crippen LogP contribution in [-0.4, -0.2) is 32.4 Å². The molecule has 0 spiro atoms. The van der Waals surface area contributed by atoms with Crippen molar-refractivity contribution >= 4 is 5.91 Å². The molecular formula is C23H18F5N5O2. The molecule has 182 valence electrons. The number of rotatable bonds is 6. The lowest BCUT2D eigenvalue weighted by Gasteiger charge is -2.29. The summed E-state index contributed by atoms with van der Waals surface area (Å²) in [5, 5.41) is 10.3. The summed E-state index contributed by atoms with van der Waals surface area (Å²) in [7, 11) is 1.65. The zero-order chi connectivity index (χ0) is 25.4. The normalized spacial score (nSPS) is 13.5. The van der Waals surface area contributed by atoms with Crippen LogP contribution < -0.4 is 5.32 Å². The summed E-state index contributed by atoms with van der Waals surface area (Å²) in [5.74, 6) is -2.48. The lowest BCUT2D eigenvalue weighted by atomic mass is 9.80. The lowest BCUT2D eigenvalue weighted by Crippen LogP contribution is -2.40. The molecule has 0 radical (unpaired) electrons. The van der Waals surface area contributed by atoms with Crippen molar-refractivity contribution in [2.45, 2.75) is 18.5 Å². The minimum atomic E-state index is -4.65. The number of amides is 1. The van der Waals surface area contributed by atoms with Gasteiger partial charge in [0, 0.05) is 37.5 Å². The van der Waals surface area contributed by atoms with Crippen LogP contribution in [0.4, 0.5) is 22.0 Å². The van der Waals surface area contributed by atoms with Crippen molar-refractivity contribution in [2.75, 3.05) is 6.54 Å². The summed E-state index contributed by atoms with van der Waals surface area (Å²) >= 11 is 0. The molecule has 1 N–H and O–H groups in total.